The summed E-state index contributed by atoms with van der Waals surface area (Å²) in [5.41, 5.74) is 1.14. The van der Waals surface area contributed by atoms with Gasteiger partial charge in [-0.3, -0.25) is 4.99 Å². The summed E-state index contributed by atoms with van der Waals surface area (Å²) in [5, 5.41) is 6.56. The van der Waals surface area contributed by atoms with Crippen LogP contribution in [0.1, 0.15) is 18.9 Å². The van der Waals surface area contributed by atoms with E-state index in [1.165, 1.54) is 0 Å². The van der Waals surface area contributed by atoms with Crippen molar-refractivity contribution in [1.82, 2.24) is 10.6 Å². The van der Waals surface area contributed by atoms with E-state index in [0.29, 0.717) is 26.4 Å². The number of methoxy groups -OCH3 is 2. The van der Waals surface area contributed by atoms with Crippen LogP contribution in [0.25, 0.3) is 0 Å². The molecule has 0 radical (unpaired) electrons. The average molecular weight is 451 g/mol. The van der Waals surface area contributed by atoms with Crippen molar-refractivity contribution in [2.24, 2.45) is 4.99 Å². The van der Waals surface area contributed by atoms with E-state index in [1.807, 2.05) is 25.1 Å². The van der Waals surface area contributed by atoms with Crippen molar-refractivity contribution in [3.8, 4) is 5.75 Å². The Morgan fingerprint density at radius 1 is 1.21 bits per heavy atom. The molecular formula is C17H30IN3O3. The van der Waals surface area contributed by atoms with E-state index in [4.69, 9.17) is 14.2 Å². The lowest BCUT2D eigenvalue weighted by molar-refractivity contribution is 0.172. The molecule has 0 amide bonds. The minimum Gasteiger partial charge on any atom is -0.493 e. The van der Waals surface area contributed by atoms with E-state index < -0.39 is 0 Å². The van der Waals surface area contributed by atoms with Crippen molar-refractivity contribution in [2.75, 3.05) is 41.1 Å². The smallest absolute Gasteiger partial charge is 0.191 e. The second kappa shape index (κ2) is 14.3. The Morgan fingerprint density at radius 2 is 2.00 bits per heavy atom. The van der Waals surface area contributed by atoms with E-state index in [1.54, 1.807) is 21.3 Å². The molecule has 0 bridgehead atoms. The molecule has 2 N–H and O–H groups in total. The number of benzene rings is 1. The summed E-state index contributed by atoms with van der Waals surface area (Å²) >= 11 is 0. The Hall–Kier alpha value is -1.06. The van der Waals surface area contributed by atoms with E-state index >= 15 is 0 Å². The SMILES string of the molecule is CN=C(NCc1cccc(OCCCOC)c1)NC(C)COC.I. The quantitative estimate of drug-likeness (QED) is 0.248. The number of ether oxygens (including phenoxy) is 3. The van der Waals surface area contributed by atoms with Crippen LogP contribution in [0.3, 0.4) is 0 Å². The van der Waals surface area contributed by atoms with Gasteiger partial charge in [0, 0.05) is 46.9 Å². The summed E-state index contributed by atoms with van der Waals surface area (Å²) in [6, 6.07) is 8.24. The number of nitrogens with one attached hydrogen (secondary N) is 2. The first-order chi connectivity index (χ1) is 11.2. The Bertz CT molecular complexity index is 472. The summed E-state index contributed by atoms with van der Waals surface area (Å²) in [6.45, 7) is 4.72. The molecule has 24 heavy (non-hydrogen) atoms. The van der Waals surface area contributed by atoms with E-state index in [9.17, 15) is 0 Å². The van der Waals surface area contributed by atoms with E-state index in [2.05, 4.69) is 21.7 Å². The second-order valence-electron chi connectivity index (χ2n) is 5.27. The average Bonchev–Trinajstić information content (AvgIpc) is 2.56. The highest BCUT2D eigenvalue weighted by Crippen LogP contribution is 2.13. The van der Waals surface area contributed by atoms with Crippen molar-refractivity contribution in [2.45, 2.75) is 25.9 Å². The predicted octanol–water partition coefficient (Wildman–Crippen LogP) is 2.42. The molecule has 0 saturated carbocycles. The zero-order valence-corrected chi connectivity index (χ0v) is 17.3. The van der Waals surface area contributed by atoms with Gasteiger partial charge in [-0.15, -0.1) is 24.0 Å². The number of halogens is 1. The van der Waals surface area contributed by atoms with Gasteiger partial charge >= 0.3 is 0 Å². The maximum Gasteiger partial charge on any atom is 0.191 e. The summed E-state index contributed by atoms with van der Waals surface area (Å²) < 4.78 is 15.8. The van der Waals surface area contributed by atoms with Gasteiger partial charge in [0.2, 0.25) is 0 Å². The molecule has 1 aromatic carbocycles. The molecule has 138 valence electrons. The molecule has 0 spiro atoms. The number of nitrogens with zero attached hydrogens (tertiary/aromatic N) is 1. The van der Waals surface area contributed by atoms with Crippen LogP contribution in [0.5, 0.6) is 5.75 Å². The Labute approximate surface area is 162 Å². The second-order valence-corrected chi connectivity index (χ2v) is 5.27. The monoisotopic (exact) mass is 451 g/mol. The number of guanidine groups is 1. The van der Waals surface area contributed by atoms with Crippen molar-refractivity contribution >= 4 is 29.9 Å². The number of hydrogen-bond acceptors (Lipinski definition) is 4. The number of aliphatic imine (C=N–C) groups is 1. The first kappa shape index (κ1) is 22.9. The van der Waals surface area contributed by atoms with Crippen molar-refractivity contribution in [3.63, 3.8) is 0 Å². The van der Waals surface area contributed by atoms with Gasteiger partial charge in [0.25, 0.3) is 0 Å². The molecule has 6 nitrogen and oxygen atoms in total. The van der Waals surface area contributed by atoms with E-state index in [-0.39, 0.29) is 30.0 Å². The molecule has 0 aromatic heterocycles. The fourth-order valence-corrected chi connectivity index (χ4v) is 2.04. The van der Waals surface area contributed by atoms with Gasteiger partial charge in [-0.1, -0.05) is 12.1 Å². The molecule has 0 saturated heterocycles. The third-order valence-electron chi connectivity index (χ3n) is 3.14. The molecule has 7 heteroatoms. The summed E-state index contributed by atoms with van der Waals surface area (Å²) in [6.07, 6.45) is 0.882. The van der Waals surface area contributed by atoms with Crippen LogP contribution in [0.4, 0.5) is 0 Å². The lowest BCUT2D eigenvalue weighted by Crippen LogP contribution is -2.43. The van der Waals surface area contributed by atoms with Crippen LogP contribution in [-0.2, 0) is 16.0 Å². The Morgan fingerprint density at radius 3 is 2.67 bits per heavy atom. The van der Waals surface area contributed by atoms with E-state index in [0.717, 1.165) is 23.7 Å². The van der Waals surface area contributed by atoms with Gasteiger partial charge in [0.15, 0.2) is 5.96 Å². The molecule has 1 unspecified atom stereocenters. The fourth-order valence-electron chi connectivity index (χ4n) is 2.04. The summed E-state index contributed by atoms with van der Waals surface area (Å²) in [4.78, 5) is 4.21. The maximum atomic E-state index is 5.71. The van der Waals surface area contributed by atoms with Crippen LogP contribution in [0, 0.1) is 0 Å². The first-order valence-corrected chi connectivity index (χ1v) is 7.86. The van der Waals surface area contributed by atoms with Crippen molar-refractivity contribution < 1.29 is 14.2 Å². The Kier molecular flexibility index (Phi) is 13.7. The van der Waals surface area contributed by atoms with Crippen LogP contribution in [0.2, 0.25) is 0 Å². The standard InChI is InChI=1S/C17H29N3O3.HI/c1-14(13-22-4)20-17(18-2)19-12-15-7-5-8-16(11-15)23-10-6-9-21-3;/h5,7-8,11,14H,6,9-10,12-13H2,1-4H3,(H2,18,19,20);1H. The topological polar surface area (TPSA) is 64.1 Å². The van der Waals surface area contributed by atoms with Crippen LogP contribution >= 0.6 is 24.0 Å². The normalized spacial score (nSPS) is 12.2. The van der Waals surface area contributed by atoms with Crippen LogP contribution in [0.15, 0.2) is 29.3 Å². The van der Waals surface area contributed by atoms with Gasteiger partial charge in [0.05, 0.1) is 13.2 Å². The summed E-state index contributed by atoms with van der Waals surface area (Å²) in [5.74, 6) is 1.62. The highest BCUT2D eigenvalue weighted by Gasteiger charge is 2.05. The molecule has 1 atom stereocenters. The fraction of sp³-hybridized carbons (Fsp3) is 0.588. The Balaban J connectivity index is 0.00000529. The maximum absolute atomic E-state index is 5.71. The minimum absolute atomic E-state index is 0. The molecule has 0 aliphatic heterocycles. The largest absolute Gasteiger partial charge is 0.493 e. The van der Waals surface area contributed by atoms with Gasteiger partial charge in [0.1, 0.15) is 5.75 Å². The van der Waals surface area contributed by atoms with Gasteiger partial charge in [-0.05, 0) is 24.6 Å². The predicted molar refractivity (Wildman–Crippen MR) is 109 cm³/mol. The van der Waals surface area contributed by atoms with Crippen molar-refractivity contribution in [3.05, 3.63) is 29.8 Å². The lowest BCUT2D eigenvalue weighted by atomic mass is 10.2. The summed E-state index contributed by atoms with van der Waals surface area (Å²) in [7, 11) is 5.14. The van der Waals surface area contributed by atoms with Gasteiger partial charge < -0.3 is 24.8 Å². The lowest BCUT2D eigenvalue weighted by Gasteiger charge is -2.17. The highest BCUT2D eigenvalue weighted by molar-refractivity contribution is 14.0. The third kappa shape index (κ3) is 9.94. The molecule has 0 fully saturated rings. The van der Waals surface area contributed by atoms with Crippen LogP contribution < -0.4 is 15.4 Å². The third-order valence-corrected chi connectivity index (χ3v) is 3.14. The molecule has 1 aromatic rings. The molecule has 0 aliphatic carbocycles. The number of rotatable bonds is 10. The number of hydrogen-bond donors (Lipinski definition) is 2. The molecule has 1 rings (SSSR count). The zero-order valence-electron chi connectivity index (χ0n) is 15.0. The first-order valence-electron chi connectivity index (χ1n) is 7.86. The van der Waals surface area contributed by atoms with Crippen molar-refractivity contribution in [1.29, 1.82) is 0 Å². The molecular weight excluding hydrogens is 421 g/mol. The van der Waals surface area contributed by atoms with Gasteiger partial charge in [-0.25, -0.2) is 0 Å². The zero-order chi connectivity index (χ0) is 16.9. The minimum atomic E-state index is 0. The molecule has 0 heterocycles. The molecule has 0 aliphatic rings. The van der Waals surface area contributed by atoms with Gasteiger partial charge in [-0.2, -0.15) is 0 Å². The van der Waals surface area contributed by atoms with Crippen LogP contribution in [-0.4, -0.2) is 53.1 Å². The highest BCUT2D eigenvalue weighted by atomic mass is 127.